The van der Waals surface area contributed by atoms with E-state index in [0.29, 0.717) is 4.47 Å². The molecule has 0 aliphatic heterocycles. The van der Waals surface area contributed by atoms with Gasteiger partial charge in [-0.1, -0.05) is 39.7 Å². The number of anilines is 1. The average molecular weight is 354 g/mol. The maximum atomic E-state index is 5.81. The predicted molar refractivity (Wildman–Crippen MR) is 86.1 cm³/mol. The third-order valence-corrected chi connectivity index (χ3v) is 4.40. The number of aromatic nitrogens is 1. The Balaban J connectivity index is 1.79. The molecule has 0 aliphatic carbocycles. The van der Waals surface area contributed by atoms with Crippen LogP contribution in [0.15, 0.2) is 47.1 Å². The first-order valence-corrected chi connectivity index (χ1v) is 7.73. The summed E-state index contributed by atoms with van der Waals surface area (Å²) in [5, 5.41) is 5.82. The fourth-order valence-electron chi connectivity index (χ4n) is 1.88. The van der Waals surface area contributed by atoms with Crippen LogP contribution < -0.4 is 5.32 Å². The van der Waals surface area contributed by atoms with E-state index in [4.69, 9.17) is 11.6 Å². The van der Waals surface area contributed by atoms with Crippen molar-refractivity contribution < 1.29 is 0 Å². The van der Waals surface area contributed by atoms with E-state index in [-0.39, 0.29) is 0 Å². The zero-order valence-corrected chi connectivity index (χ0v) is 13.0. The molecule has 0 unspecified atom stereocenters. The molecule has 2 nitrogen and oxygen atoms in total. The van der Waals surface area contributed by atoms with E-state index in [1.807, 2.05) is 0 Å². The van der Waals surface area contributed by atoms with Gasteiger partial charge in [0, 0.05) is 21.2 Å². The molecule has 96 valence electrons. The van der Waals surface area contributed by atoms with Gasteiger partial charge >= 0.3 is 0 Å². The van der Waals surface area contributed by atoms with Crippen LogP contribution in [0.3, 0.4) is 0 Å². The summed E-state index contributed by atoms with van der Waals surface area (Å²) in [5.74, 6) is 0. The number of hydrogen-bond acceptors (Lipinski definition) is 3. The Bertz CT molecular complexity index is 726. The zero-order chi connectivity index (χ0) is 13.2. The molecule has 0 aliphatic rings. The molecular formula is C14H10BrClN2S. The van der Waals surface area contributed by atoms with Gasteiger partial charge in [0.2, 0.25) is 0 Å². The van der Waals surface area contributed by atoms with Crippen LogP contribution in [0.4, 0.5) is 5.69 Å². The topological polar surface area (TPSA) is 24.9 Å². The summed E-state index contributed by atoms with van der Waals surface area (Å²) in [6.07, 6.45) is 1.80. The summed E-state index contributed by atoms with van der Waals surface area (Å²) < 4.78 is 1.68. The highest BCUT2D eigenvalue weighted by Crippen LogP contribution is 2.24. The summed E-state index contributed by atoms with van der Waals surface area (Å²) >= 11 is 10.8. The van der Waals surface area contributed by atoms with Crippen LogP contribution >= 0.6 is 38.9 Å². The molecule has 1 heterocycles. The number of thiazole rings is 1. The highest BCUT2D eigenvalue weighted by molar-refractivity contribution is 9.10. The Hall–Kier alpha value is -1.10. The van der Waals surface area contributed by atoms with E-state index < -0.39 is 0 Å². The van der Waals surface area contributed by atoms with Crippen LogP contribution in [-0.4, -0.2) is 4.98 Å². The minimum absolute atomic E-state index is 0.583. The summed E-state index contributed by atoms with van der Waals surface area (Å²) in [5.41, 5.74) is 1.10. The number of nitrogens with zero attached hydrogens (tertiary/aromatic N) is 1. The van der Waals surface area contributed by atoms with Crippen molar-refractivity contribution in [3.05, 3.63) is 56.4 Å². The quantitative estimate of drug-likeness (QED) is 0.689. The Morgan fingerprint density at radius 1 is 1.16 bits per heavy atom. The van der Waals surface area contributed by atoms with Crippen molar-refractivity contribution in [3.63, 3.8) is 0 Å². The second-order valence-electron chi connectivity index (χ2n) is 4.14. The molecule has 0 spiro atoms. The second-order valence-corrected chi connectivity index (χ2v) is 6.75. The van der Waals surface area contributed by atoms with Crippen molar-refractivity contribution >= 4 is 55.3 Å². The number of benzene rings is 2. The molecular weight excluding hydrogens is 344 g/mol. The van der Waals surface area contributed by atoms with E-state index in [0.717, 1.165) is 21.6 Å². The van der Waals surface area contributed by atoms with Crippen LogP contribution in [0, 0.1) is 0 Å². The molecule has 0 bridgehead atoms. The van der Waals surface area contributed by atoms with Crippen molar-refractivity contribution in [1.29, 1.82) is 0 Å². The number of nitrogens with one attached hydrogen (secondary N) is 1. The van der Waals surface area contributed by atoms with Gasteiger partial charge in [0.1, 0.15) is 0 Å². The van der Waals surface area contributed by atoms with Crippen molar-refractivity contribution in [1.82, 2.24) is 4.98 Å². The van der Waals surface area contributed by atoms with Gasteiger partial charge in [-0.05, 0) is 35.0 Å². The lowest BCUT2D eigenvalue weighted by Crippen LogP contribution is -1.96. The lowest BCUT2D eigenvalue weighted by atomic mass is 10.1. The first-order chi connectivity index (χ1) is 9.20. The smallest absolute Gasteiger partial charge is 0.183 e. The van der Waals surface area contributed by atoms with Crippen molar-refractivity contribution in [2.45, 2.75) is 6.54 Å². The molecule has 0 radical (unpaired) electrons. The van der Waals surface area contributed by atoms with Crippen molar-refractivity contribution in [3.8, 4) is 0 Å². The number of fused-ring (bicyclic) bond motifs is 1. The molecule has 0 saturated heterocycles. The predicted octanol–water partition coefficient (Wildman–Crippen LogP) is 5.32. The molecule has 0 atom stereocenters. The van der Waals surface area contributed by atoms with E-state index in [2.05, 4.69) is 62.6 Å². The molecule has 1 aromatic heterocycles. The van der Waals surface area contributed by atoms with Gasteiger partial charge in [0.05, 0.1) is 6.54 Å². The molecule has 0 saturated carbocycles. The van der Waals surface area contributed by atoms with Gasteiger partial charge in [-0.3, -0.25) is 0 Å². The van der Waals surface area contributed by atoms with Crippen LogP contribution in [0.2, 0.25) is 4.47 Å². The van der Waals surface area contributed by atoms with Gasteiger partial charge in [-0.15, -0.1) is 11.3 Å². The summed E-state index contributed by atoms with van der Waals surface area (Å²) in [4.78, 5) is 5.15. The molecule has 2 aromatic carbocycles. The third kappa shape index (κ3) is 3.08. The number of hydrogen-bond donors (Lipinski definition) is 1. The average Bonchev–Trinajstić information content (AvgIpc) is 2.82. The van der Waals surface area contributed by atoms with Gasteiger partial charge in [0.15, 0.2) is 4.47 Å². The largest absolute Gasteiger partial charge is 0.380 e. The minimum atomic E-state index is 0.583. The van der Waals surface area contributed by atoms with Crippen LogP contribution in [0.5, 0.6) is 0 Å². The Morgan fingerprint density at radius 2 is 1.95 bits per heavy atom. The summed E-state index contributed by atoms with van der Waals surface area (Å²) in [7, 11) is 0. The molecule has 0 fully saturated rings. The number of halogens is 2. The van der Waals surface area contributed by atoms with E-state index >= 15 is 0 Å². The maximum Gasteiger partial charge on any atom is 0.183 e. The molecule has 0 amide bonds. The van der Waals surface area contributed by atoms with E-state index in [1.54, 1.807) is 6.20 Å². The van der Waals surface area contributed by atoms with Crippen LogP contribution in [0.1, 0.15) is 4.88 Å². The Kier molecular flexibility index (Phi) is 3.73. The van der Waals surface area contributed by atoms with E-state index in [1.165, 1.54) is 22.1 Å². The van der Waals surface area contributed by atoms with Crippen LogP contribution in [0.25, 0.3) is 10.8 Å². The Morgan fingerprint density at radius 3 is 2.74 bits per heavy atom. The third-order valence-electron chi connectivity index (χ3n) is 2.79. The molecule has 5 heteroatoms. The van der Waals surface area contributed by atoms with Gasteiger partial charge in [0.25, 0.3) is 0 Å². The zero-order valence-electron chi connectivity index (χ0n) is 9.86. The summed E-state index contributed by atoms with van der Waals surface area (Å²) in [6.45, 7) is 0.742. The first-order valence-electron chi connectivity index (χ1n) is 5.74. The Labute approximate surface area is 128 Å². The SMILES string of the molecule is Clc1ncc(CNc2ccc3cc(Br)ccc3c2)s1. The first kappa shape index (κ1) is 12.9. The fraction of sp³-hybridized carbons (Fsp3) is 0.0714. The van der Waals surface area contributed by atoms with Crippen molar-refractivity contribution in [2.24, 2.45) is 0 Å². The second kappa shape index (κ2) is 5.49. The van der Waals surface area contributed by atoms with Crippen LogP contribution in [-0.2, 0) is 6.54 Å². The van der Waals surface area contributed by atoms with Gasteiger partial charge in [-0.25, -0.2) is 4.98 Å². The highest BCUT2D eigenvalue weighted by Gasteiger charge is 2.01. The van der Waals surface area contributed by atoms with Gasteiger partial charge < -0.3 is 5.32 Å². The molecule has 3 rings (SSSR count). The summed E-state index contributed by atoms with van der Waals surface area (Å²) in [6, 6.07) is 12.6. The molecule has 1 N–H and O–H groups in total. The highest BCUT2D eigenvalue weighted by atomic mass is 79.9. The standard InChI is InChI=1S/C14H10BrClN2S/c15-11-3-1-10-6-12(4-2-9(10)5-11)17-7-13-8-18-14(16)19-13/h1-6,8,17H,7H2. The normalized spacial score (nSPS) is 10.8. The minimum Gasteiger partial charge on any atom is -0.380 e. The lowest BCUT2D eigenvalue weighted by Gasteiger charge is -2.06. The molecule has 19 heavy (non-hydrogen) atoms. The van der Waals surface area contributed by atoms with E-state index in [9.17, 15) is 0 Å². The monoisotopic (exact) mass is 352 g/mol. The number of rotatable bonds is 3. The molecule has 3 aromatic rings. The lowest BCUT2D eigenvalue weighted by molar-refractivity contribution is 1.18. The van der Waals surface area contributed by atoms with Crippen molar-refractivity contribution in [2.75, 3.05) is 5.32 Å². The fourth-order valence-corrected chi connectivity index (χ4v) is 3.18. The maximum absolute atomic E-state index is 5.81. The van der Waals surface area contributed by atoms with Gasteiger partial charge in [-0.2, -0.15) is 0 Å².